The predicted octanol–water partition coefficient (Wildman–Crippen LogP) is 2.33. The number of aromatic nitrogens is 1. The van der Waals surface area contributed by atoms with Crippen LogP contribution in [0.2, 0.25) is 0 Å². The minimum Gasteiger partial charge on any atom is -0.362 e. The van der Waals surface area contributed by atoms with E-state index >= 15 is 0 Å². The van der Waals surface area contributed by atoms with E-state index in [0.29, 0.717) is 19.3 Å². The molecule has 0 bridgehead atoms. The highest BCUT2D eigenvalue weighted by molar-refractivity contribution is 5.99. The molecule has 1 aliphatic heterocycles. The molecular formula is C14H14F3N3O2. The predicted molar refractivity (Wildman–Crippen MR) is 70.8 cm³/mol. The van der Waals surface area contributed by atoms with Crippen LogP contribution < -0.4 is 0 Å². The second-order valence-electron chi connectivity index (χ2n) is 5.47. The molecule has 2 heterocycles. The van der Waals surface area contributed by atoms with Gasteiger partial charge in [0.05, 0.1) is 5.92 Å². The number of hydrogen-bond donors (Lipinski definition) is 1. The summed E-state index contributed by atoms with van der Waals surface area (Å²) >= 11 is 0. The van der Waals surface area contributed by atoms with Crippen LogP contribution in [0.25, 0.3) is 0 Å². The van der Waals surface area contributed by atoms with Crippen molar-refractivity contribution >= 4 is 11.6 Å². The summed E-state index contributed by atoms with van der Waals surface area (Å²) in [6.07, 6.45) is -0.576. The van der Waals surface area contributed by atoms with Gasteiger partial charge in [-0.1, -0.05) is 6.42 Å². The number of halogens is 3. The first-order valence-corrected chi connectivity index (χ1v) is 6.97. The molecule has 1 fully saturated rings. The molecule has 1 aromatic heterocycles. The lowest BCUT2D eigenvalue weighted by molar-refractivity contribution is -0.312. The highest BCUT2D eigenvalue weighted by atomic mass is 19.4. The van der Waals surface area contributed by atoms with Crippen LogP contribution in [0, 0.1) is 5.92 Å². The molecule has 22 heavy (non-hydrogen) atoms. The maximum atomic E-state index is 13.5. The van der Waals surface area contributed by atoms with Gasteiger partial charge in [0, 0.05) is 23.7 Å². The van der Waals surface area contributed by atoms with Crippen molar-refractivity contribution in [2.24, 2.45) is 11.0 Å². The van der Waals surface area contributed by atoms with Gasteiger partial charge < -0.3 is 5.11 Å². The summed E-state index contributed by atoms with van der Waals surface area (Å²) in [5.74, 6) is -2.17. The van der Waals surface area contributed by atoms with Crippen LogP contribution in [0.4, 0.5) is 13.2 Å². The Morgan fingerprint density at radius 1 is 1.32 bits per heavy atom. The number of hydrazone groups is 1. The van der Waals surface area contributed by atoms with Crippen LogP contribution in [0.5, 0.6) is 0 Å². The van der Waals surface area contributed by atoms with Gasteiger partial charge in [-0.2, -0.15) is 23.3 Å². The number of fused-ring (bicyclic) bond motifs is 1. The Bertz CT molecular complexity index is 618. The van der Waals surface area contributed by atoms with Crippen LogP contribution in [-0.2, 0) is 0 Å². The molecule has 0 unspecified atom stereocenters. The summed E-state index contributed by atoms with van der Waals surface area (Å²) < 4.78 is 40.5. The fourth-order valence-electron chi connectivity index (χ4n) is 3.04. The van der Waals surface area contributed by atoms with E-state index in [1.165, 1.54) is 24.5 Å². The van der Waals surface area contributed by atoms with E-state index in [1.807, 2.05) is 0 Å². The van der Waals surface area contributed by atoms with Gasteiger partial charge in [-0.05, 0) is 31.4 Å². The summed E-state index contributed by atoms with van der Waals surface area (Å²) in [4.78, 5) is 16.1. The van der Waals surface area contributed by atoms with Crippen molar-refractivity contribution in [2.45, 2.75) is 37.6 Å². The molecule has 2 aliphatic rings. The van der Waals surface area contributed by atoms with Crippen LogP contribution >= 0.6 is 0 Å². The molecule has 0 radical (unpaired) electrons. The zero-order valence-electron chi connectivity index (χ0n) is 11.5. The van der Waals surface area contributed by atoms with Crippen molar-refractivity contribution in [3.05, 3.63) is 30.1 Å². The molecule has 1 saturated carbocycles. The highest BCUT2D eigenvalue weighted by Crippen LogP contribution is 2.48. The largest absolute Gasteiger partial charge is 0.439 e. The molecule has 0 aromatic carbocycles. The van der Waals surface area contributed by atoms with E-state index in [4.69, 9.17) is 0 Å². The summed E-state index contributed by atoms with van der Waals surface area (Å²) in [6.45, 7) is 0. The fourth-order valence-corrected chi connectivity index (χ4v) is 3.04. The smallest absolute Gasteiger partial charge is 0.362 e. The Balaban J connectivity index is 2.04. The van der Waals surface area contributed by atoms with Crippen molar-refractivity contribution in [1.29, 1.82) is 0 Å². The van der Waals surface area contributed by atoms with E-state index in [1.54, 1.807) is 0 Å². The van der Waals surface area contributed by atoms with E-state index in [0.717, 1.165) is 0 Å². The lowest BCUT2D eigenvalue weighted by Crippen LogP contribution is -2.61. The molecule has 0 saturated heterocycles. The number of aliphatic hydroxyl groups is 1. The van der Waals surface area contributed by atoms with Gasteiger partial charge in [-0.25, -0.2) is 0 Å². The molecule has 1 aromatic rings. The second-order valence-corrected chi connectivity index (χ2v) is 5.47. The van der Waals surface area contributed by atoms with Gasteiger partial charge >= 0.3 is 6.18 Å². The average Bonchev–Trinajstić information content (AvgIpc) is 2.82. The Labute approximate surface area is 124 Å². The van der Waals surface area contributed by atoms with Crippen LogP contribution in [-0.4, -0.2) is 38.6 Å². The maximum Gasteiger partial charge on any atom is 0.439 e. The summed E-state index contributed by atoms with van der Waals surface area (Å²) in [5, 5.41) is 14.4. The van der Waals surface area contributed by atoms with Gasteiger partial charge in [-0.15, -0.1) is 0 Å². The number of carbonyl (C=O) groups is 1. The van der Waals surface area contributed by atoms with Gasteiger partial charge in [0.2, 0.25) is 0 Å². The molecule has 5 nitrogen and oxygen atoms in total. The quantitative estimate of drug-likeness (QED) is 0.865. The minimum atomic E-state index is -4.98. The zero-order chi connectivity index (χ0) is 16.0. The lowest BCUT2D eigenvalue weighted by Gasteiger charge is -2.38. The van der Waals surface area contributed by atoms with Crippen LogP contribution in [0.3, 0.4) is 0 Å². The maximum absolute atomic E-state index is 13.5. The minimum absolute atomic E-state index is 0.000622. The summed E-state index contributed by atoms with van der Waals surface area (Å²) in [7, 11) is 0. The third-order valence-corrected chi connectivity index (χ3v) is 4.15. The van der Waals surface area contributed by atoms with E-state index in [2.05, 4.69) is 10.1 Å². The van der Waals surface area contributed by atoms with Gasteiger partial charge in [0.25, 0.3) is 11.6 Å². The number of rotatable bonds is 1. The summed E-state index contributed by atoms with van der Waals surface area (Å²) in [6, 6.07) is 2.59. The number of amides is 1. The normalized spacial score (nSPS) is 28.3. The summed E-state index contributed by atoms with van der Waals surface area (Å²) in [5.41, 5.74) is -3.03. The zero-order valence-corrected chi connectivity index (χ0v) is 11.5. The second kappa shape index (κ2) is 5.05. The van der Waals surface area contributed by atoms with Gasteiger partial charge in [-0.3, -0.25) is 9.78 Å². The fraction of sp³-hybridized carbons (Fsp3) is 0.500. The molecule has 8 heteroatoms. The lowest BCUT2D eigenvalue weighted by atomic mass is 9.80. The first kappa shape index (κ1) is 15.0. The van der Waals surface area contributed by atoms with Gasteiger partial charge in [0.1, 0.15) is 0 Å². The molecule has 1 aliphatic carbocycles. The number of carbonyl (C=O) groups excluding carboxylic acids is 1. The van der Waals surface area contributed by atoms with Crippen molar-refractivity contribution in [3.8, 4) is 0 Å². The topological polar surface area (TPSA) is 65.8 Å². The standard InChI is InChI=1S/C14H14F3N3O2/c15-14(16,17)13(22)10-3-1-2-4-11(10)19-20(13)12(21)9-5-7-18-8-6-9/h5-8,10,22H,1-4H2/t10-,13-/m0/s1. The van der Waals surface area contributed by atoms with Crippen LogP contribution in [0.15, 0.2) is 29.6 Å². The van der Waals surface area contributed by atoms with E-state index < -0.39 is 23.7 Å². The molecule has 3 rings (SSSR count). The van der Waals surface area contributed by atoms with Crippen molar-refractivity contribution in [1.82, 2.24) is 9.99 Å². The Morgan fingerprint density at radius 2 is 2.00 bits per heavy atom. The molecule has 118 valence electrons. The number of hydrogen-bond acceptors (Lipinski definition) is 4. The third kappa shape index (κ3) is 2.09. The number of alkyl halides is 3. The molecular weight excluding hydrogens is 299 g/mol. The van der Waals surface area contributed by atoms with E-state index in [-0.39, 0.29) is 22.7 Å². The molecule has 2 atom stereocenters. The highest BCUT2D eigenvalue weighted by Gasteiger charge is 2.68. The monoisotopic (exact) mass is 313 g/mol. The number of nitrogens with zero attached hydrogens (tertiary/aromatic N) is 3. The first-order chi connectivity index (χ1) is 10.4. The Hall–Kier alpha value is -1.96. The molecule has 1 N–H and O–H groups in total. The molecule has 0 spiro atoms. The first-order valence-electron chi connectivity index (χ1n) is 6.97. The van der Waals surface area contributed by atoms with Crippen LogP contribution in [0.1, 0.15) is 36.0 Å². The number of pyridine rings is 1. The van der Waals surface area contributed by atoms with Crippen molar-refractivity contribution in [2.75, 3.05) is 0 Å². The van der Waals surface area contributed by atoms with Crippen molar-refractivity contribution in [3.63, 3.8) is 0 Å². The third-order valence-electron chi connectivity index (χ3n) is 4.15. The van der Waals surface area contributed by atoms with E-state index in [9.17, 15) is 23.1 Å². The van der Waals surface area contributed by atoms with Crippen molar-refractivity contribution < 1.29 is 23.1 Å². The Kier molecular flexibility index (Phi) is 3.43. The average molecular weight is 313 g/mol. The molecule has 1 amide bonds. The Morgan fingerprint density at radius 3 is 2.64 bits per heavy atom. The SMILES string of the molecule is O=C(c1ccncc1)N1N=C2CCCC[C@@H]2[C@]1(O)C(F)(F)F. The van der Waals surface area contributed by atoms with Gasteiger partial charge in [0.15, 0.2) is 0 Å².